The van der Waals surface area contributed by atoms with E-state index in [2.05, 4.69) is 9.72 Å². The number of hydrogen-bond acceptors (Lipinski definition) is 5. The lowest BCUT2D eigenvalue weighted by molar-refractivity contribution is -0.390. The Bertz CT molecular complexity index is 447. The second-order valence-corrected chi connectivity index (χ2v) is 3.02. The number of pyridine rings is 1. The van der Waals surface area contributed by atoms with Crippen LogP contribution in [0, 0.1) is 17.0 Å². The first kappa shape index (κ1) is 13.2. The zero-order valence-corrected chi connectivity index (χ0v) is 8.48. The molecule has 0 unspecified atom stereocenters. The minimum Gasteiger partial charge on any atom is -0.401 e. The van der Waals surface area contributed by atoms with Gasteiger partial charge in [0.05, 0.1) is 12.2 Å². The average Bonchev–Trinajstić information content (AvgIpc) is 2.18. The van der Waals surface area contributed by atoms with Gasteiger partial charge in [0.2, 0.25) is 0 Å². The first-order valence-corrected chi connectivity index (χ1v) is 4.26. The number of aryl methyl sites for hydroxylation is 1. The summed E-state index contributed by atoms with van der Waals surface area (Å²) >= 11 is 0. The normalized spacial score (nSPS) is 11.4. The van der Waals surface area contributed by atoms with E-state index in [0.29, 0.717) is 0 Å². The third-order valence-corrected chi connectivity index (χ3v) is 1.79. The highest BCUT2D eigenvalue weighted by Gasteiger charge is 2.33. The highest BCUT2D eigenvalue weighted by atomic mass is 19.4. The molecular formula is C8H7F3N2O4. The third-order valence-electron chi connectivity index (χ3n) is 1.79. The van der Waals surface area contributed by atoms with Crippen LogP contribution in [0.25, 0.3) is 0 Å². The minimum absolute atomic E-state index is 0.286. The molecule has 0 atom stereocenters. The van der Waals surface area contributed by atoms with E-state index in [1.165, 1.54) is 0 Å². The SMILES string of the molecule is Cc1nc([N+](=O)[O-])c(CO)cc1OC(F)(F)F. The van der Waals surface area contributed by atoms with Crippen molar-refractivity contribution in [3.63, 3.8) is 0 Å². The topological polar surface area (TPSA) is 85.5 Å². The van der Waals surface area contributed by atoms with Crippen molar-refractivity contribution < 1.29 is 27.9 Å². The number of nitro groups is 1. The van der Waals surface area contributed by atoms with Gasteiger partial charge in [0.1, 0.15) is 0 Å². The van der Waals surface area contributed by atoms with Gasteiger partial charge in [-0.3, -0.25) is 0 Å². The Morgan fingerprint density at radius 2 is 2.18 bits per heavy atom. The molecule has 1 N–H and O–H groups in total. The van der Waals surface area contributed by atoms with Gasteiger partial charge in [0.25, 0.3) is 0 Å². The Kier molecular flexibility index (Phi) is 3.51. The summed E-state index contributed by atoms with van der Waals surface area (Å²) in [6.45, 7) is 0.326. The molecule has 1 rings (SSSR count). The molecule has 9 heteroatoms. The number of aromatic nitrogens is 1. The maximum absolute atomic E-state index is 12.0. The van der Waals surface area contributed by atoms with Crippen LogP contribution in [0.3, 0.4) is 0 Å². The molecule has 0 spiro atoms. The van der Waals surface area contributed by atoms with Gasteiger partial charge >= 0.3 is 12.2 Å². The zero-order chi connectivity index (χ0) is 13.2. The zero-order valence-electron chi connectivity index (χ0n) is 8.48. The lowest BCUT2D eigenvalue weighted by atomic mass is 10.2. The maximum Gasteiger partial charge on any atom is 0.573 e. The molecule has 1 heterocycles. The third kappa shape index (κ3) is 3.28. The van der Waals surface area contributed by atoms with Crippen LogP contribution in [0.15, 0.2) is 6.07 Å². The van der Waals surface area contributed by atoms with Crippen molar-refractivity contribution >= 4 is 5.82 Å². The van der Waals surface area contributed by atoms with Crippen LogP contribution in [0.2, 0.25) is 0 Å². The van der Waals surface area contributed by atoms with Gasteiger partial charge in [-0.25, -0.2) is 0 Å². The molecule has 0 aromatic carbocycles. The predicted octanol–water partition coefficient (Wildman–Crippen LogP) is 1.69. The number of ether oxygens (including phenoxy) is 1. The van der Waals surface area contributed by atoms with Crippen LogP contribution in [-0.4, -0.2) is 21.4 Å². The summed E-state index contributed by atoms with van der Waals surface area (Å²) in [6.07, 6.45) is -4.92. The summed E-state index contributed by atoms with van der Waals surface area (Å²) < 4.78 is 39.5. The Balaban J connectivity index is 3.23. The van der Waals surface area contributed by atoms with Crippen LogP contribution in [0.1, 0.15) is 11.3 Å². The maximum atomic E-state index is 12.0. The molecule has 0 saturated heterocycles. The van der Waals surface area contributed by atoms with Gasteiger partial charge in [-0.2, -0.15) is 0 Å². The fourth-order valence-corrected chi connectivity index (χ4v) is 1.12. The van der Waals surface area contributed by atoms with Gasteiger partial charge in [0.15, 0.2) is 11.4 Å². The van der Waals surface area contributed by atoms with E-state index in [1.54, 1.807) is 0 Å². The first-order chi connectivity index (χ1) is 7.74. The lowest BCUT2D eigenvalue weighted by Crippen LogP contribution is -2.18. The fraction of sp³-hybridized carbons (Fsp3) is 0.375. The first-order valence-electron chi connectivity index (χ1n) is 4.26. The van der Waals surface area contributed by atoms with Crippen molar-refractivity contribution in [2.24, 2.45) is 0 Å². The monoisotopic (exact) mass is 252 g/mol. The molecule has 6 nitrogen and oxygen atoms in total. The van der Waals surface area contributed by atoms with Crippen LogP contribution in [-0.2, 0) is 6.61 Å². The Hall–Kier alpha value is -1.90. The molecular weight excluding hydrogens is 245 g/mol. The number of hydrogen-bond donors (Lipinski definition) is 1. The minimum atomic E-state index is -4.92. The molecule has 94 valence electrons. The molecule has 0 fully saturated rings. The molecule has 17 heavy (non-hydrogen) atoms. The highest BCUT2D eigenvalue weighted by Crippen LogP contribution is 2.29. The molecule has 0 radical (unpaired) electrons. The van der Waals surface area contributed by atoms with Crippen LogP contribution < -0.4 is 4.74 Å². The summed E-state index contributed by atoms with van der Waals surface area (Å²) in [4.78, 5) is 12.9. The average molecular weight is 252 g/mol. The Morgan fingerprint density at radius 3 is 2.59 bits per heavy atom. The van der Waals surface area contributed by atoms with Crippen LogP contribution in [0.4, 0.5) is 19.0 Å². The van der Waals surface area contributed by atoms with Crippen molar-refractivity contribution in [1.82, 2.24) is 4.98 Å². The van der Waals surface area contributed by atoms with E-state index >= 15 is 0 Å². The van der Waals surface area contributed by atoms with Crippen molar-refractivity contribution in [2.45, 2.75) is 19.9 Å². The number of aliphatic hydroxyl groups excluding tert-OH is 1. The molecule has 0 saturated carbocycles. The van der Waals surface area contributed by atoms with E-state index in [9.17, 15) is 23.3 Å². The van der Waals surface area contributed by atoms with Crippen molar-refractivity contribution in [2.75, 3.05) is 0 Å². The molecule has 0 aliphatic carbocycles. The quantitative estimate of drug-likeness (QED) is 0.653. The van der Waals surface area contributed by atoms with E-state index in [4.69, 9.17) is 5.11 Å². The number of nitrogens with zero attached hydrogens (tertiary/aromatic N) is 2. The summed E-state index contributed by atoms with van der Waals surface area (Å²) in [5.41, 5.74) is -0.633. The summed E-state index contributed by atoms with van der Waals surface area (Å²) in [5.74, 6) is -1.37. The smallest absolute Gasteiger partial charge is 0.401 e. The molecule has 0 aliphatic heterocycles. The van der Waals surface area contributed by atoms with E-state index in [1.807, 2.05) is 0 Å². The van der Waals surface area contributed by atoms with Gasteiger partial charge in [-0.05, 0) is 16.0 Å². The molecule has 0 aliphatic rings. The molecule has 1 aromatic rings. The number of alkyl halides is 3. The summed E-state index contributed by atoms with van der Waals surface area (Å²) in [6, 6.07) is 0.744. The fourth-order valence-electron chi connectivity index (χ4n) is 1.12. The number of aliphatic hydroxyl groups is 1. The van der Waals surface area contributed by atoms with E-state index in [-0.39, 0.29) is 11.3 Å². The van der Waals surface area contributed by atoms with Crippen LogP contribution >= 0.6 is 0 Å². The number of rotatable bonds is 3. The molecule has 0 bridgehead atoms. The Morgan fingerprint density at radius 1 is 1.59 bits per heavy atom. The van der Waals surface area contributed by atoms with Gasteiger partial charge in [-0.1, -0.05) is 0 Å². The summed E-state index contributed by atoms with van der Waals surface area (Å²) in [5, 5.41) is 19.3. The highest BCUT2D eigenvalue weighted by molar-refractivity contribution is 5.41. The largest absolute Gasteiger partial charge is 0.573 e. The lowest BCUT2D eigenvalue weighted by Gasteiger charge is -2.10. The Labute approximate surface area is 92.8 Å². The van der Waals surface area contributed by atoms with Gasteiger partial charge < -0.3 is 20.0 Å². The predicted molar refractivity (Wildman–Crippen MR) is 48.2 cm³/mol. The second-order valence-electron chi connectivity index (χ2n) is 3.02. The molecule has 0 amide bonds. The van der Waals surface area contributed by atoms with Crippen molar-refractivity contribution in [3.05, 3.63) is 27.4 Å². The van der Waals surface area contributed by atoms with Gasteiger partial charge in [-0.15, -0.1) is 13.2 Å². The second kappa shape index (κ2) is 4.53. The standard InChI is InChI=1S/C8H7F3N2O4/c1-4-6(17-8(9,10)11)2-5(3-14)7(12-4)13(15)16/h2,14H,3H2,1H3. The van der Waals surface area contributed by atoms with Crippen molar-refractivity contribution in [3.8, 4) is 5.75 Å². The summed E-state index contributed by atoms with van der Waals surface area (Å²) in [7, 11) is 0. The van der Waals surface area contributed by atoms with E-state index in [0.717, 1.165) is 13.0 Å². The number of halogens is 3. The van der Waals surface area contributed by atoms with E-state index < -0.39 is 29.5 Å². The molecule has 1 aromatic heterocycles. The van der Waals surface area contributed by atoms with Gasteiger partial charge in [0, 0.05) is 6.92 Å². The van der Waals surface area contributed by atoms with Crippen LogP contribution in [0.5, 0.6) is 5.75 Å². The van der Waals surface area contributed by atoms with Crippen molar-refractivity contribution in [1.29, 1.82) is 0 Å².